The third-order valence-corrected chi connectivity index (χ3v) is 5.68. The predicted octanol–water partition coefficient (Wildman–Crippen LogP) is 6.24. The smallest absolute Gasteiger partial charge is 0.324 e. The van der Waals surface area contributed by atoms with Gasteiger partial charge in [0, 0.05) is 5.56 Å². The van der Waals surface area contributed by atoms with Gasteiger partial charge in [0.2, 0.25) is 0 Å². The zero-order valence-electron chi connectivity index (χ0n) is 17.9. The Bertz CT molecular complexity index is 1180. The number of hydrogen-bond acceptors (Lipinski definition) is 3. The highest BCUT2D eigenvalue weighted by molar-refractivity contribution is 6.17. The zero-order chi connectivity index (χ0) is 22.4. The number of ketones is 1. The highest BCUT2D eigenvalue weighted by Gasteiger charge is 2.44. The summed E-state index contributed by atoms with van der Waals surface area (Å²) in [6, 6.07) is 35.9. The van der Waals surface area contributed by atoms with Crippen LogP contribution in [-0.4, -0.2) is 11.8 Å². The lowest BCUT2D eigenvalue weighted by Gasteiger charge is -2.27. The Kier molecular flexibility index (Phi) is 6.27. The van der Waals surface area contributed by atoms with Crippen molar-refractivity contribution in [1.29, 1.82) is 0 Å². The summed E-state index contributed by atoms with van der Waals surface area (Å²) >= 11 is 0. The minimum absolute atomic E-state index is 0.111. The zero-order valence-corrected chi connectivity index (χ0v) is 17.9. The molecule has 32 heavy (non-hydrogen) atoms. The largest absolute Gasteiger partial charge is 0.460 e. The fraction of sp³-hybridized carbons (Fsp3) is 0.103. The first kappa shape index (κ1) is 21.3. The lowest BCUT2D eigenvalue weighted by atomic mass is 9.75. The van der Waals surface area contributed by atoms with Crippen molar-refractivity contribution in [3.05, 3.63) is 132 Å². The van der Waals surface area contributed by atoms with Crippen LogP contribution in [0.5, 0.6) is 0 Å². The van der Waals surface area contributed by atoms with Crippen LogP contribution >= 0.6 is 0 Å². The Morgan fingerprint density at radius 3 is 1.75 bits per heavy atom. The van der Waals surface area contributed by atoms with Crippen LogP contribution in [0, 0.1) is 0 Å². The van der Waals surface area contributed by atoms with Crippen LogP contribution in [0.15, 0.2) is 115 Å². The molecule has 0 aliphatic heterocycles. The molecule has 0 saturated heterocycles. The van der Waals surface area contributed by atoms with E-state index in [-0.39, 0.29) is 12.4 Å². The van der Waals surface area contributed by atoms with Crippen LogP contribution in [0.4, 0.5) is 0 Å². The predicted molar refractivity (Wildman–Crippen MR) is 126 cm³/mol. The Morgan fingerprint density at radius 1 is 0.656 bits per heavy atom. The van der Waals surface area contributed by atoms with E-state index in [0.717, 1.165) is 16.7 Å². The number of esters is 1. The molecule has 0 saturated carbocycles. The van der Waals surface area contributed by atoms with Crippen molar-refractivity contribution in [2.24, 2.45) is 0 Å². The van der Waals surface area contributed by atoms with Gasteiger partial charge in [-0.3, -0.25) is 9.59 Å². The lowest BCUT2D eigenvalue weighted by Crippen LogP contribution is -2.42. The minimum Gasteiger partial charge on any atom is -0.460 e. The van der Waals surface area contributed by atoms with Crippen LogP contribution in [0.1, 0.15) is 28.4 Å². The van der Waals surface area contributed by atoms with E-state index in [1.165, 1.54) is 0 Å². The molecule has 0 aliphatic rings. The van der Waals surface area contributed by atoms with Crippen molar-refractivity contribution in [2.45, 2.75) is 18.9 Å². The molecule has 0 bridgehead atoms. The van der Waals surface area contributed by atoms with Crippen molar-refractivity contribution >= 4 is 11.8 Å². The summed E-state index contributed by atoms with van der Waals surface area (Å²) in [7, 11) is 0. The summed E-state index contributed by atoms with van der Waals surface area (Å²) in [6.45, 7) is 1.76. The summed E-state index contributed by atoms with van der Waals surface area (Å²) in [5.41, 5.74) is 2.56. The van der Waals surface area contributed by atoms with E-state index in [1.54, 1.807) is 31.2 Å². The van der Waals surface area contributed by atoms with Crippen LogP contribution in [0.25, 0.3) is 11.1 Å². The first-order valence-electron chi connectivity index (χ1n) is 10.6. The molecule has 3 nitrogen and oxygen atoms in total. The Labute approximate surface area is 188 Å². The summed E-state index contributed by atoms with van der Waals surface area (Å²) in [5.74, 6) is -0.855. The van der Waals surface area contributed by atoms with Gasteiger partial charge in [-0.2, -0.15) is 0 Å². The number of benzene rings is 4. The Hall–Kier alpha value is -3.98. The van der Waals surface area contributed by atoms with Gasteiger partial charge in [0.1, 0.15) is 6.61 Å². The van der Waals surface area contributed by atoms with Gasteiger partial charge >= 0.3 is 5.97 Å². The van der Waals surface area contributed by atoms with Crippen LogP contribution in [0.2, 0.25) is 0 Å². The van der Waals surface area contributed by atoms with Crippen molar-refractivity contribution in [3.8, 4) is 11.1 Å². The van der Waals surface area contributed by atoms with E-state index < -0.39 is 11.4 Å². The minimum atomic E-state index is -1.47. The molecule has 0 aromatic heterocycles. The van der Waals surface area contributed by atoms with Gasteiger partial charge in [-0.1, -0.05) is 115 Å². The van der Waals surface area contributed by atoms with Gasteiger partial charge in [-0.05, 0) is 29.2 Å². The molecule has 0 spiro atoms. The quantitative estimate of drug-likeness (QED) is 0.202. The molecule has 1 atom stereocenters. The topological polar surface area (TPSA) is 43.4 Å². The molecular weight excluding hydrogens is 396 g/mol. The summed E-state index contributed by atoms with van der Waals surface area (Å²) in [5, 5.41) is 0. The monoisotopic (exact) mass is 420 g/mol. The highest BCUT2D eigenvalue weighted by atomic mass is 16.5. The van der Waals surface area contributed by atoms with Crippen molar-refractivity contribution in [3.63, 3.8) is 0 Å². The second kappa shape index (κ2) is 9.44. The van der Waals surface area contributed by atoms with Gasteiger partial charge in [-0.25, -0.2) is 0 Å². The van der Waals surface area contributed by atoms with Crippen molar-refractivity contribution < 1.29 is 14.3 Å². The molecule has 0 heterocycles. The molecule has 0 amide bonds. The maximum absolute atomic E-state index is 13.6. The summed E-state index contributed by atoms with van der Waals surface area (Å²) in [6.07, 6.45) is 0. The second-order valence-corrected chi connectivity index (χ2v) is 7.83. The van der Waals surface area contributed by atoms with E-state index in [0.29, 0.717) is 11.1 Å². The number of Topliss-reactive ketones (excluding diaryl/α,β-unsaturated/α-hetero) is 1. The van der Waals surface area contributed by atoms with Crippen molar-refractivity contribution in [1.82, 2.24) is 0 Å². The summed E-state index contributed by atoms with van der Waals surface area (Å²) in [4.78, 5) is 26.9. The van der Waals surface area contributed by atoms with Gasteiger partial charge < -0.3 is 4.74 Å². The number of carbonyl (C=O) groups excluding carboxylic acids is 2. The normalized spacial score (nSPS) is 12.5. The molecule has 0 fully saturated rings. The first-order valence-corrected chi connectivity index (χ1v) is 10.6. The van der Waals surface area contributed by atoms with E-state index in [2.05, 4.69) is 0 Å². The molecule has 158 valence electrons. The second-order valence-electron chi connectivity index (χ2n) is 7.83. The van der Waals surface area contributed by atoms with Crippen LogP contribution in [0.3, 0.4) is 0 Å². The van der Waals surface area contributed by atoms with Gasteiger partial charge in [-0.15, -0.1) is 0 Å². The molecular formula is C29H24O3. The van der Waals surface area contributed by atoms with Crippen molar-refractivity contribution in [2.75, 3.05) is 0 Å². The Morgan fingerprint density at radius 2 is 1.16 bits per heavy atom. The van der Waals surface area contributed by atoms with Gasteiger partial charge in [0.05, 0.1) is 0 Å². The third kappa shape index (κ3) is 4.37. The Balaban J connectivity index is 1.68. The molecule has 4 aromatic rings. The number of ether oxygens (including phenoxy) is 1. The van der Waals surface area contributed by atoms with E-state index in [9.17, 15) is 9.59 Å². The highest BCUT2D eigenvalue weighted by Crippen LogP contribution is 2.32. The SMILES string of the molecule is CC(C(=O)OCc1ccccc1)(C(=O)c1ccccc1)c1ccc(-c2ccccc2)cc1. The average molecular weight is 421 g/mol. The molecule has 0 N–H and O–H groups in total. The van der Waals surface area contributed by atoms with Gasteiger partial charge in [0.15, 0.2) is 11.2 Å². The number of rotatable bonds is 7. The average Bonchev–Trinajstić information content (AvgIpc) is 2.88. The first-order chi connectivity index (χ1) is 15.6. The number of hydrogen-bond donors (Lipinski definition) is 0. The maximum atomic E-state index is 13.6. The molecule has 1 unspecified atom stereocenters. The fourth-order valence-electron chi connectivity index (χ4n) is 3.71. The lowest BCUT2D eigenvalue weighted by molar-refractivity contribution is -0.149. The third-order valence-electron chi connectivity index (χ3n) is 5.68. The molecule has 4 rings (SSSR count). The molecule has 4 aromatic carbocycles. The van der Waals surface area contributed by atoms with Crippen LogP contribution < -0.4 is 0 Å². The van der Waals surface area contributed by atoms with E-state index in [1.807, 2.05) is 91.0 Å². The van der Waals surface area contributed by atoms with Gasteiger partial charge in [0.25, 0.3) is 0 Å². The standard InChI is InChI=1S/C29H24O3/c1-29(27(30)25-15-9-4-10-16-25,28(31)32-21-22-11-5-2-6-12-22)26-19-17-24(18-20-26)23-13-7-3-8-14-23/h2-20H,21H2,1H3. The maximum Gasteiger partial charge on any atom is 0.324 e. The molecule has 3 heteroatoms. The molecule has 0 radical (unpaired) electrons. The number of carbonyl (C=O) groups is 2. The van der Waals surface area contributed by atoms with Crippen LogP contribution in [-0.2, 0) is 21.6 Å². The van der Waals surface area contributed by atoms with E-state index >= 15 is 0 Å². The molecule has 0 aliphatic carbocycles. The fourth-order valence-corrected chi connectivity index (χ4v) is 3.71. The summed E-state index contributed by atoms with van der Waals surface area (Å²) < 4.78 is 5.65. The van der Waals surface area contributed by atoms with E-state index in [4.69, 9.17) is 4.74 Å².